The van der Waals surface area contributed by atoms with Crippen LogP contribution < -0.4 is 0 Å². The summed E-state index contributed by atoms with van der Waals surface area (Å²) in [5, 5.41) is 0. The molecule has 0 unspecified atom stereocenters. The summed E-state index contributed by atoms with van der Waals surface area (Å²) >= 11 is 0. The number of carbonyl (C=O) groups excluding carboxylic acids is 1. The van der Waals surface area contributed by atoms with Crippen LogP contribution in [0.3, 0.4) is 0 Å². The molecule has 1 aliphatic heterocycles. The highest BCUT2D eigenvalue weighted by molar-refractivity contribution is 5.77. The fourth-order valence-corrected chi connectivity index (χ4v) is 3.07. The summed E-state index contributed by atoms with van der Waals surface area (Å²) in [7, 11) is 0. The monoisotopic (exact) mass is 287 g/mol. The molecule has 0 saturated carbocycles. The lowest BCUT2D eigenvalue weighted by Crippen LogP contribution is -2.46. The molecule has 1 aromatic rings. The third kappa shape index (κ3) is 3.94. The lowest BCUT2D eigenvalue weighted by Gasteiger charge is -2.39. The van der Waals surface area contributed by atoms with Crippen molar-refractivity contribution in [3.8, 4) is 0 Å². The average Bonchev–Trinajstić information content (AvgIpc) is 2.51. The Labute approximate surface area is 127 Å². The van der Waals surface area contributed by atoms with Gasteiger partial charge in [-0.2, -0.15) is 0 Å². The van der Waals surface area contributed by atoms with Crippen LogP contribution in [0.25, 0.3) is 0 Å². The van der Waals surface area contributed by atoms with Crippen LogP contribution >= 0.6 is 0 Å². The van der Waals surface area contributed by atoms with Gasteiger partial charge in [0.1, 0.15) is 0 Å². The molecule has 0 aliphatic carbocycles. The number of rotatable bonds is 6. The molecular weight excluding hydrogens is 262 g/mol. The van der Waals surface area contributed by atoms with Crippen molar-refractivity contribution in [1.29, 1.82) is 0 Å². The van der Waals surface area contributed by atoms with Gasteiger partial charge in [-0.05, 0) is 44.8 Å². The number of likely N-dealkylation sites (tertiary alicyclic amines) is 1. The third-order valence-electron chi connectivity index (χ3n) is 4.29. The van der Waals surface area contributed by atoms with Gasteiger partial charge in [-0.25, -0.2) is 0 Å². The molecule has 0 aromatic heterocycles. The minimum absolute atomic E-state index is 0.0351. The van der Waals surface area contributed by atoms with Crippen molar-refractivity contribution in [3.63, 3.8) is 0 Å². The highest BCUT2D eigenvalue weighted by Gasteiger charge is 2.42. The maximum absolute atomic E-state index is 12.5. The van der Waals surface area contributed by atoms with Crippen molar-refractivity contribution in [2.24, 2.45) is 5.41 Å². The summed E-state index contributed by atoms with van der Waals surface area (Å²) in [6, 6.07) is 10.3. The van der Waals surface area contributed by atoms with Crippen molar-refractivity contribution in [1.82, 2.24) is 4.90 Å². The van der Waals surface area contributed by atoms with Gasteiger partial charge in [-0.15, -0.1) is 6.58 Å². The number of hydrogen-bond acceptors (Lipinski definition) is 3. The van der Waals surface area contributed by atoms with E-state index in [0.29, 0.717) is 6.61 Å². The van der Waals surface area contributed by atoms with Crippen molar-refractivity contribution in [2.75, 3.05) is 26.2 Å². The van der Waals surface area contributed by atoms with E-state index in [1.807, 2.05) is 31.2 Å². The van der Waals surface area contributed by atoms with Crippen LogP contribution in [0.15, 0.2) is 43.0 Å². The Balaban J connectivity index is 2.12. The number of nitrogens with zero attached hydrogens (tertiary/aromatic N) is 1. The molecule has 1 heterocycles. The van der Waals surface area contributed by atoms with Crippen molar-refractivity contribution in [2.45, 2.75) is 26.2 Å². The van der Waals surface area contributed by atoms with Gasteiger partial charge in [0.2, 0.25) is 0 Å². The van der Waals surface area contributed by atoms with Crippen molar-refractivity contribution >= 4 is 5.97 Å². The summed E-state index contributed by atoms with van der Waals surface area (Å²) in [5.74, 6) is -0.0351. The molecule has 0 N–H and O–H groups in total. The maximum atomic E-state index is 12.5. The molecule has 0 radical (unpaired) electrons. The SMILES string of the molecule is C=CCN1CCC(Cc2ccccc2)(C(=O)OCC)CC1. The second-order valence-electron chi connectivity index (χ2n) is 5.75. The number of ether oxygens (including phenoxy) is 1. The molecule has 1 saturated heterocycles. The molecule has 0 amide bonds. The minimum Gasteiger partial charge on any atom is -0.466 e. The highest BCUT2D eigenvalue weighted by atomic mass is 16.5. The molecule has 1 aliphatic rings. The second kappa shape index (κ2) is 7.41. The third-order valence-corrected chi connectivity index (χ3v) is 4.29. The van der Waals surface area contributed by atoms with Gasteiger partial charge in [-0.1, -0.05) is 36.4 Å². The van der Waals surface area contributed by atoms with Crippen LogP contribution in [-0.4, -0.2) is 37.1 Å². The Kier molecular flexibility index (Phi) is 5.57. The Morgan fingerprint density at radius 3 is 2.57 bits per heavy atom. The van der Waals surface area contributed by atoms with Gasteiger partial charge in [0.25, 0.3) is 0 Å². The normalized spacial score (nSPS) is 18.1. The van der Waals surface area contributed by atoms with Crippen molar-refractivity contribution in [3.05, 3.63) is 48.6 Å². The number of benzene rings is 1. The van der Waals surface area contributed by atoms with Crippen LogP contribution in [0.1, 0.15) is 25.3 Å². The van der Waals surface area contributed by atoms with E-state index in [2.05, 4.69) is 23.6 Å². The first-order chi connectivity index (χ1) is 10.2. The Morgan fingerprint density at radius 1 is 1.33 bits per heavy atom. The highest BCUT2D eigenvalue weighted by Crippen LogP contribution is 2.36. The molecule has 0 bridgehead atoms. The van der Waals surface area contributed by atoms with E-state index >= 15 is 0 Å². The minimum atomic E-state index is -0.366. The number of piperidine rings is 1. The van der Waals surface area contributed by atoms with E-state index in [-0.39, 0.29) is 11.4 Å². The zero-order valence-electron chi connectivity index (χ0n) is 12.9. The standard InChI is InChI=1S/C18H25NO2/c1-3-12-19-13-10-18(11-14-19,17(20)21-4-2)15-16-8-6-5-7-9-16/h3,5-9H,1,4,10-15H2,2H3. The van der Waals surface area contributed by atoms with Gasteiger partial charge < -0.3 is 4.74 Å². The van der Waals surface area contributed by atoms with E-state index in [1.54, 1.807) is 0 Å². The van der Waals surface area contributed by atoms with E-state index in [1.165, 1.54) is 5.56 Å². The quantitative estimate of drug-likeness (QED) is 0.595. The maximum Gasteiger partial charge on any atom is 0.312 e. The van der Waals surface area contributed by atoms with Crippen LogP contribution in [0.2, 0.25) is 0 Å². The van der Waals surface area contributed by atoms with Gasteiger partial charge in [-0.3, -0.25) is 9.69 Å². The van der Waals surface area contributed by atoms with Crippen LogP contribution in [0.5, 0.6) is 0 Å². The van der Waals surface area contributed by atoms with E-state index in [9.17, 15) is 4.79 Å². The molecule has 3 nitrogen and oxygen atoms in total. The lowest BCUT2D eigenvalue weighted by atomic mass is 9.73. The fraction of sp³-hybridized carbons (Fsp3) is 0.500. The summed E-state index contributed by atoms with van der Waals surface area (Å²) < 4.78 is 5.37. The molecule has 1 fully saturated rings. The number of carbonyl (C=O) groups is 1. The Bertz CT molecular complexity index is 461. The summed E-state index contributed by atoms with van der Waals surface area (Å²) in [5.41, 5.74) is 0.845. The smallest absolute Gasteiger partial charge is 0.312 e. The molecule has 1 aromatic carbocycles. The van der Waals surface area contributed by atoms with Crippen LogP contribution in [0, 0.1) is 5.41 Å². The van der Waals surface area contributed by atoms with E-state index in [4.69, 9.17) is 4.74 Å². The number of hydrogen-bond donors (Lipinski definition) is 0. The molecule has 114 valence electrons. The molecule has 0 spiro atoms. The molecule has 0 atom stereocenters. The number of esters is 1. The summed E-state index contributed by atoms with van der Waals surface area (Å²) in [6.07, 6.45) is 4.41. The van der Waals surface area contributed by atoms with E-state index < -0.39 is 0 Å². The molecule has 3 heteroatoms. The Morgan fingerprint density at radius 2 is 2.00 bits per heavy atom. The van der Waals surface area contributed by atoms with E-state index in [0.717, 1.165) is 38.9 Å². The Hall–Kier alpha value is -1.61. The van der Waals surface area contributed by atoms with Crippen LogP contribution in [0.4, 0.5) is 0 Å². The first-order valence-electron chi connectivity index (χ1n) is 7.74. The lowest BCUT2D eigenvalue weighted by molar-refractivity contribution is -0.158. The van der Waals surface area contributed by atoms with Crippen molar-refractivity contribution < 1.29 is 9.53 Å². The molecule has 2 rings (SSSR count). The average molecular weight is 287 g/mol. The van der Waals surface area contributed by atoms with Crippen LogP contribution in [-0.2, 0) is 16.0 Å². The largest absolute Gasteiger partial charge is 0.466 e. The van der Waals surface area contributed by atoms with Gasteiger partial charge in [0.05, 0.1) is 12.0 Å². The summed E-state index contributed by atoms with van der Waals surface area (Å²) in [4.78, 5) is 14.9. The fourth-order valence-electron chi connectivity index (χ4n) is 3.07. The zero-order chi connectivity index (χ0) is 15.1. The predicted molar refractivity (Wildman–Crippen MR) is 85.1 cm³/mol. The molecular formula is C18H25NO2. The zero-order valence-corrected chi connectivity index (χ0v) is 12.9. The summed E-state index contributed by atoms with van der Waals surface area (Å²) in [6.45, 7) is 8.87. The predicted octanol–water partition coefficient (Wildman–Crippen LogP) is 3.06. The molecule has 21 heavy (non-hydrogen) atoms. The first-order valence-corrected chi connectivity index (χ1v) is 7.74. The van der Waals surface area contributed by atoms with Gasteiger partial charge in [0, 0.05) is 6.54 Å². The topological polar surface area (TPSA) is 29.5 Å². The van der Waals surface area contributed by atoms with Gasteiger partial charge in [0.15, 0.2) is 0 Å². The second-order valence-corrected chi connectivity index (χ2v) is 5.75. The first kappa shape index (κ1) is 15.8. The van der Waals surface area contributed by atoms with Gasteiger partial charge >= 0.3 is 5.97 Å².